The Labute approximate surface area is 163 Å². The maximum atomic E-state index is 2.62. The molecule has 2 aromatic rings. The molecule has 0 aliphatic rings. The van der Waals surface area contributed by atoms with Crippen molar-refractivity contribution in [2.24, 2.45) is 5.41 Å². The summed E-state index contributed by atoms with van der Waals surface area (Å²) >= 11 is 0. The summed E-state index contributed by atoms with van der Waals surface area (Å²) in [5.74, 6) is 0. The Balaban J connectivity index is 2.77. The van der Waals surface area contributed by atoms with Gasteiger partial charge < -0.3 is 0 Å². The third kappa shape index (κ3) is 4.31. The Hall–Kier alpha value is -1.34. The van der Waals surface area contributed by atoms with E-state index in [4.69, 9.17) is 0 Å². The van der Waals surface area contributed by atoms with Crippen LogP contribution in [-0.4, -0.2) is 8.07 Å². The molecule has 142 valence electrons. The number of benzene rings is 2. The Morgan fingerprint density at radius 1 is 0.654 bits per heavy atom. The molecule has 0 N–H and O–H groups in total. The van der Waals surface area contributed by atoms with Gasteiger partial charge in [-0.05, 0) is 63.4 Å². The lowest BCUT2D eigenvalue weighted by Gasteiger charge is -2.37. The van der Waals surface area contributed by atoms with Crippen LogP contribution in [0.15, 0.2) is 24.3 Å². The highest BCUT2D eigenvalue weighted by Crippen LogP contribution is 2.29. The summed E-state index contributed by atoms with van der Waals surface area (Å²) < 4.78 is 0. The predicted molar refractivity (Wildman–Crippen MR) is 121 cm³/mol. The molecule has 0 spiro atoms. The third-order valence-electron chi connectivity index (χ3n) is 5.83. The van der Waals surface area contributed by atoms with E-state index in [1.807, 2.05) is 0 Å². The zero-order valence-corrected chi connectivity index (χ0v) is 19.7. The van der Waals surface area contributed by atoms with Crippen LogP contribution in [-0.2, 0) is 0 Å². The van der Waals surface area contributed by atoms with E-state index in [9.17, 15) is 0 Å². The average molecular weight is 367 g/mol. The Bertz CT molecular complexity index is 702. The van der Waals surface area contributed by atoms with Gasteiger partial charge in [0, 0.05) is 0 Å². The average Bonchev–Trinajstić information content (AvgIpc) is 2.42. The molecule has 2 rings (SSSR count). The fraction of sp³-hybridized carbons (Fsp3) is 0.520. The summed E-state index contributed by atoms with van der Waals surface area (Å²) in [5.41, 5.74) is 9.10. The van der Waals surface area contributed by atoms with Crippen LogP contribution in [0.25, 0.3) is 0 Å². The first-order chi connectivity index (χ1) is 11.8. The van der Waals surface area contributed by atoms with Crippen LogP contribution in [0.5, 0.6) is 0 Å². The van der Waals surface area contributed by atoms with Gasteiger partial charge in [0.25, 0.3) is 0 Å². The lowest BCUT2D eigenvalue weighted by Crippen LogP contribution is -2.59. The van der Waals surface area contributed by atoms with Crippen LogP contribution in [0.1, 0.15) is 60.6 Å². The van der Waals surface area contributed by atoms with Gasteiger partial charge in [-0.25, -0.2) is 0 Å². The standard InChI is InChI=1S/C25H38Si/c1-17-13-19(3)23(20(4)14-17)26(10,12-11-25(7,8)9)24-21(5)15-18(2)16-22(24)6/h13-16H,11-12H2,1-10H3. The Kier molecular flexibility index (Phi) is 5.92. The normalized spacial score (nSPS) is 12.5. The molecular formula is C25H38Si. The zero-order valence-electron chi connectivity index (χ0n) is 18.7. The van der Waals surface area contributed by atoms with Gasteiger partial charge in [0.15, 0.2) is 0 Å². The number of rotatable bonds is 4. The highest BCUT2D eigenvalue weighted by Gasteiger charge is 2.37. The zero-order chi connectivity index (χ0) is 19.9. The summed E-state index contributed by atoms with van der Waals surface area (Å²) in [6, 6.07) is 10.9. The quantitative estimate of drug-likeness (QED) is 0.568. The Morgan fingerprint density at radius 3 is 1.23 bits per heavy atom. The van der Waals surface area contributed by atoms with Gasteiger partial charge in [-0.2, -0.15) is 0 Å². The van der Waals surface area contributed by atoms with Gasteiger partial charge in [-0.15, -0.1) is 0 Å². The van der Waals surface area contributed by atoms with Crippen molar-refractivity contribution in [1.82, 2.24) is 0 Å². The fourth-order valence-electron chi connectivity index (χ4n) is 5.10. The van der Waals surface area contributed by atoms with Gasteiger partial charge in [0.2, 0.25) is 0 Å². The largest absolute Gasteiger partial charge is 0.116 e. The van der Waals surface area contributed by atoms with E-state index >= 15 is 0 Å². The van der Waals surface area contributed by atoms with E-state index in [1.54, 1.807) is 10.4 Å². The van der Waals surface area contributed by atoms with E-state index in [2.05, 4.69) is 93.1 Å². The van der Waals surface area contributed by atoms with Crippen molar-refractivity contribution < 1.29 is 0 Å². The molecule has 0 aliphatic carbocycles. The minimum absolute atomic E-state index is 0.368. The van der Waals surface area contributed by atoms with Crippen molar-refractivity contribution in [3.05, 3.63) is 57.6 Å². The monoisotopic (exact) mass is 366 g/mol. The van der Waals surface area contributed by atoms with Gasteiger partial charge in [-0.1, -0.05) is 91.4 Å². The molecule has 0 unspecified atom stereocenters. The smallest absolute Gasteiger partial charge is 0.0614 e. The van der Waals surface area contributed by atoms with Gasteiger partial charge >= 0.3 is 0 Å². The van der Waals surface area contributed by atoms with Gasteiger partial charge in [0.05, 0.1) is 0 Å². The van der Waals surface area contributed by atoms with Gasteiger partial charge in [-0.3, -0.25) is 0 Å². The van der Waals surface area contributed by atoms with Crippen molar-refractivity contribution in [1.29, 1.82) is 0 Å². The van der Waals surface area contributed by atoms with Crippen molar-refractivity contribution in [2.75, 3.05) is 0 Å². The fourth-order valence-corrected chi connectivity index (χ4v) is 10.9. The molecule has 0 saturated carbocycles. The summed E-state index contributed by atoms with van der Waals surface area (Å²) in [6.07, 6.45) is 1.27. The van der Waals surface area contributed by atoms with Crippen molar-refractivity contribution in [3.8, 4) is 0 Å². The number of aryl methyl sites for hydroxylation is 6. The molecule has 0 amide bonds. The van der Waals surface area contributed by atoms with Crippen LogP contribution in [0.4, 0.5) is 0 Å². The topological polar surface area (TPSA) is 0 Å². The third-order valence-corrected chi connectivity index (χ3v) is 10.9. The highest BCUT2D eigenvalue weighted by molar-refractivity contribution is 7.02. The van der Waals surface area contributed by atoms with Crippen molar-refractivity contribution >= 4 is 18.4 Å². The summed E-state index contributed by atoms with van der Waals surface area (Å²) in [7, 11) is -1.84. The van der Waals surface area contributed by atoms with E-state index in [0.717, 1.165) is 0 Å². The minimum Gasteiger partial charge on any atom is -0.0614 e. The summed E-state index contributed by atoms with van der Waals surface area (Å²) in [6.45, 7) is 23.5. The van der Waals surface area contributed by atoms with Crippen LogP contribution < -0.4 is 10.4 Å². The van der Waals surface area contributed by atoms with Gasteiger partial charge in [0.1, 0.15) is 8.07 Å². The van der Waals surface area contributed by atoms with Crippen LogP contribution in [0.3, 0.4) is 0 Å². The number of hydrogen-bond acceptors (Lipinski definition) is 0. The molecule has 0 aliphatic heterocycles. The molecule has 0 bridgehead atoms. The van der Waals surface area contributed by atoms with Crippen molar-refractivity contribution in [2.45, 2.75) is 81.3 Å². The van der Waals surface area contributed by atoms with Crippen LogP contribution in [0.2, 0.25) is 12.6 Å². The molecule has 0 nitrogen and oxygen atoms in total. The molecule has 0 atom stereocenters. The summed E-state index contributed by atoms with van der Waals surface area (Å²) in [5, 5.41) is 3.34. The second-order valence-electron chi connectivity index (χ2n) is 9.94. The predicted octanol–water partition coefficient (Wildman–Crippen LogP) is 6.17. The minimum atomic E-state index is -1.84. The lowest BCUT2D eigenvalue weighted by atomic mass is 9.94. The first-order valence-corrected chi connectivity index (χ1v) is 12.7. The molecular weight excluding hydrogens is 328 g/mol. The molecule has 0 aromatic heterocycles. The van der Waals surface area contributed by atoms with Crippen LogP contribution in [0, 0.1) is 47.0 Å². The molecule has 0 fully saturated rings. The second kappa shape index (κ2) is 7.35. The number of hydrogen-bond donors (Lipinski definition) is 0. The molecule has 0 radical (unpaired) electrons. The lowest BCUT2D eigenvalue weighted by molar-refractivity contribution is 0.396. The molecule has 26 heavy (non-hydrogen) atoms. The van der Waals surface area contributed by atoms with Crippen molar-refractivity contribution in [3.63, 3.8) is 0 Å². The van der Waals surface area contributed by atoms with Crippen LogP contribution >= 0.6 is 0 Å². The maximum absolute atomic E-state index is 2.62. The summed E-state index contributed by atoms with van der Waals surface area (Å²) in [4.78, 5) is 0. The molecule has 2 aromatic carbocycles. The Morgan fingerprint density at radius 2 is 0.962 bits per heavy atom. The second-order valence-corrected chi connectivity index (χ2v) is 14.1. The van der Waals surface area contributed by atoms with E-state index in [0.29, 0.717) is 5.41 Å². The molecule has 0 heterocycles. The van der Waals surface area contributed by atoms with E-state index in [-0.39, 0.29) is 0 Å². The van der Waals surface area contributed by atoms with E-state index < -0.39 is 8.07 Å². The van der Waals surface area contributed by atoms with E-state index in [1.165, 1.54) is 45.8 Å². The molecule has 1 heteroatoms. The highest BCUT2D eigenvalue weighted by atomic mass is 28.3. The SMILES string of the molecule is Cc1cc(C)c([Si](C)(CCC(C)(C)C)c2c(C)cc(C)cc2C)c(C)c1. The molecule has 0 saturated heterocycles. The first-order valence-electron chi connectivity index (χ1n) is 10.0. The first kappa shape index (κ1) is 21.0. The maximum Gasteiger partial charge on any atom is 0.116 e.